The van der Waals surface area contributed by atoms with Crippen LogP contribution in [0.15, 0.2) is 35.6 Å². The third kappa shape index (κ3) is 5.75. The van der Waals surface area contributed by atoms with E-state index in [0.29, 0.717) is 24.6 Å². The number of aliphatic imine (C=N–C) groups is 1. The Balaban J connectivity index is 1.57. The molecule has 0 amide bonds. The van der Waals surface area contributed by atoms with Crippen molar-refractivity contribution < 1.29 is 9.13 Å². The largest absolute Gasteiger partial charge is 0.376 e. The van der Waals surface area contributed by atoms with Gasteiger partial charge in [-0.05, 0) is 18.9 Å². The maximum absolute atomic E-state index is 13.8. The van der Waals surface area contributed by atoms with E-state index in [4.69, 9.17) is 4.74 Å². The molecule has 27 heavy (non-hydrogen) atoms. The van der Waals surface area contributed by atoms with E-state index in [-0.39, 0.29) is 18.5 Å². The molecule has 0 radical (unpaired) electrons. The second-order valence-electron chi connectivity index (χ2n) is 6.49. The minimum atomic E-state index is -0.239. The van der Waals surface area contributed by atoms with Crippen molar-refractivity contribution >= 4 is 5.96 Å². The molecule has 3 rings (SSSR count). The van der Waals surface area contributed by atoms with E-state index in [0.717, 1.165) is 38.2 Å². The highest BCUT2D eigenvalue weighted by Gasteiger charge is 2.15. The molecule has 146 valence electrons. The number of nitrogens with one attached hydrogen (secondary N) is 2. The fraction of sp³-hybridized carbons (Fsp3) is 0.526. The zero-order valence-electron chi connectivity index (χ0n) is 15.7. The predicted molar refractivity (Wildman–Crippen MR) is 102 cm³/mol. The molecule has 1 aliphatic heterocycles. The van der Waals surface area contributed by atoms with Crippen molar-refractivity contribution in [2.24, 2.45) is 4.99 Å². The molecule has 2 heterocycles. The fourth-order valence-corrected chi connectivity index (χ4v) is 3.02. The Labute approximate surface area is 159 Å². The number of guanidine groups is 1. The minimum absolute atomic E-state index is 0.204. The normalized spacial score (nSPS) is 17.3. The predicted octanol–water partition coefficient (Wildman–Crippen LogP) is 1.89. The lowest BCUT2D eigenvalue weighted by Crippen LogP contribution is -2.42. The first-order valence-electron chi connectivity index (χ1n) is 9.50. The van der Waals surface area contributed by atoms with Gasteiger partial charge in [-0.3, -0.25) is 0 Å². The van der Waals surface area contributed by atoms with E-state index in [9.17, 15) is 4.39 Å². The quantitative estimate of drug-likeness (QED) is 0.545. The Morgan fingerprint density at radius 3 is 3.04 bits per heavy atom. The SMILES string of the molecule is CCc1nncn1CCNC(=NCc1ccccc1F)NCC1CCCO1. The maximum Gasteiger partial charge on any atom is 0.191 e. The van der Waals surface area contributed by atoms with E-state index in [1.807, 2.05) is 10.6 Å². The first kappa shape index (κ1) is 19.3. The molecule has 0 aliphatic carbocycles. The van der Waals surface area contributed by atoms with Crippen molar-refractivity contribution in [2.75, 3.05) is 19.7 Å². The molecule has 1 unspecified atom stereocenters. The minimum Gasteiger partial charge on any atom is -0.376 e. The van der Waals surface area contributed by atoms with Gasteiger partial charge in [-0.25, -0.2) is 9.38 Å². The van der Waals surface area contributed by atoms with Crippen LogP contribution in [0.25, 0.3) is 0 Å². The summed E-state index contributed by atoms with van der Waals surface area (Å²) in [6, 6.07) is 6.71. The van der Waals surface area contributed by atoms with Gasteiger partial charge in [-0.1, -0.05) is 25.1 Å². The Bertz CT molecular complexity index is 741. The summed E-state index contributed by atoms with van der Waals surface area (Å²) < 4.78 is 21.5. The number of hydrogen-bond donors (Lipinski definition) is 2. The smallest absolute Gasteiger partial charge is 0.191 e. The highest BCUT2D eigenvalue weighted by molar-refractivity contribution is 5.79. The maximum atomic E-state index is 13.8. The molecule has 1 fully saturated rings. The second kappa shape index (κ2) is 10.0. The summed E-state index contributed by atoms with van der Waals surface area (Å²) in [5, 5.41) is 14.7. The fourth-order valence-electron chi connectivity index (χ4n) is 3.02. The Morgan fingerprint density at radius 2 is 2.26 bits per heavy atom. The molecule has 0 spiro atoms. The van der Waals surface area contributed by atoms with Crippen LogP contribution in [-0.4, -0.2) is 46.5 Å². The van der Waals surface area contributed by atoms with Gasteiger partial charge in [-0.15, -0.1) is 10.2 Å². The number of nitrogens with zero attached hydrogens (tertiary/aromatic N) is 4. The van der Waals surface area contributed by atoms with Gasteiger partial charge in [-0.2, -0.15) is 0 Å². The van der Waals surface area contributed by atoms with Gasteiger partial charge < -0.3 is 19.9 Å². The molecule has 1 aromatic carbocycles. The Morgan fingerprint density at radius 1 is 1.37 bits per heavy atom. The van der Waals surface area contributed by atoms with Gasteiger partial charge >= 0.3 is 0 Å². The van der Waals surface area contributed by atoms with E-state index in [2.05, 4.69) is 32.7 Å². The lowest BCUT2D eigenvalue weighted by Gasteiger charge is -2.16. The van der Waals surface area contributed by atoms with E-state index in [1.165, 1.54) is 6.07 Å². The van der Waals surface area contributed by atoms with Crippen LogP contribution in [0.1, 0.15) is 31.2 Å². The van der Waals surface area contributed by atoms with Crippen LogP contribution in [0.5, 0.6) is 0 Å². The van der Waals surface area contributed by atoms with Crippen LogP contribution in [0.2, 0.25) is 0 Å². The van der Waals surface area contributed by atoms with Crippen molar-refractivity contribution in [1.29, 1.82) is 0 Å². The van der Waals surface area contributed by atoms with Crippen molar-refractivity contribution in [2.45, 2.75) is 45.4 Å². The van der Waals surface area contributed by atoms with Gasteiger partial charge in [0.1, 0.15) is 18.0 Å². The van der Waals surface area contributed by atoms with Gasteiger partial charge in [0.2, 0.25) is 0 Å². The van der Waals surface area contributed by atoms with Crippen LogP contribution in [-0.2, 0) is 24.2 Å². The van der Waals surface area contributed by atoms with Gasteiger partial charge in [0.15, 0.2) is 5.96 Å². The first-order valence-corrected chi connectivity index (χ1v) is 9.50. The van der Waals surface area contributed by atoms with Crippen LogP contribution in [0.3, 0.4) is 0 Å². The summed E-state index contributed by atoms with van der Waals surface area (Å²) in [7, 11) is 0. The van der Waals surface area contributed by atoms with Crippen LogP contribution < -0.4 is 10.6 Å². The number of rotatable bonds is 8. The molecular weight excluding hydrogens is 347 g/mol. The van der Waals surface area contributed by atoms with E-state index in [1.54, 1.807) is 18.5 Å². The molecule has 7 nitrogen and oxygen atoms in total. The highest BCUT2D eigenvalue weighted by atomic mass is 19.1. The van der Waals surface area contributed by atoms with Gasteiger partial charge in [0, 0.05) is 38.2 Å². The van der Waals surface area contributed by atoms with Crippen molar-refractivity contribution in [3.63, 3.8) is 0 Å². The Hall–Kier alpha value is -2.48. The summed E-state index contributed by atoms with van der Waals surface area (Å²) in [5.41, 5.74) is 0.572. The third-order valence-corrected chi connectivity index (χ3v) is 4.54. The number of benzene rings is 1. The van der Waals surface area contributed by atoms with Crippen LogP contribution >= 0.6 is 0 Å². The average Bonchev–Trinajstić information content (AvgIpc) is 3.36. The average molecular weight is 374 g/mol. The zero-order valence-corrected chi connectivity index (χ0v) is 15.7. The number of aryl methyl sites for hydroxylation is 1. The van der Waals surface area contributed by atoms with Crippen LogP contribution in [0, 0.1) is 5.82 Å². The summed E-state index contributed by atoms with van der Waals surface area (Å²) in [6.07, 6.45) is 4.92. The van der Waals surface area contributed by atoms with Gasteiger partial charge in [0.05, 0.1) is 12.6 Å². The molecule has 1 aliphatic rings. The summed E-state index contributed by atoms with van der Waals surface area (Å²) in [5.74, 6) is 1.37. The molecule has 1 saturated heterocycles. The van der Waals surface area contributed by atoms with E-state index >= 15 is 0 Å². The Kier molecular flexibility index (Phi) is 7.15. The molecule has 0 saturated carbocycles. The van der Waals surface area contributed by atoms with Crippen molar-refractivity contribution in [3.8, 4) is 0 Å². The molecule has 2 N–H and O–H groups in total. The molecule has 1 aromatic heterocycles. The zero-order chi connectivity index (χ0) is 18.9. The number of ether oxygens (including phenoxy) is 1. The van der Waals surface area contributed by atoms with E-state index < -0.39 is 0 Å². The second-order valence-corrected chi connectivity index (χ2v) is 6.49. The number of hydrogen-bond acceptors (Lipinski definition) is 4. The number of aromatic nitrogens is 3. The lowest BCUT2D eigenvalue weighted by atomic mass is 10.2. The molecule has 0 bridgehead atoms. The topological polar surface area (TPSA) is 76.4 Å². The lowest BCUT2D eigenvalue weighted by molar-refractivity contribution is 0.114. The summed E-state index contributed by atoms with van der Waals surface area (Å²) in [4.78, 5) is 4.54. The first-order chi connectivity index (χ1) is 13.3. The van der Waals surface area contributed by atoms with Gasteiger partial charge in [0.25, 0.3) is 0 Å². The summed E-state index contributed by atoms with van der Waals surface area (Å²) >= 11 is 0. The summed E-state index contributed by atoms with van der Waals surface area (Å²) in [6.45, 7) is 5.24. The molecule has 8 heteroatoms. The standard InChI is InChI=1S/C19H27FN6O/c1-2-18-25-24-14-26(18)10-9-21-19(23-13-16-7-5-11-27-16)22-12-15-6-3-4-8-17(15)20/h3-4,6,8,14,16H,2,5,7,9-13H2,1H3,(H2,21,22,23). The van der Waals surface area contributed by atoms with Crippen molar-refractivity contribution in [3.05, 3.63) is 47.8 Å². The molecule has 1 atom stereocenters. The monoisotopic (exact) mass is 374 g/mol. The van der Waals surface area contributed by atoms with Crippen LogP contribution in [0.4, 0.5) is 4.39 Å². The third-order valence-electron chi connectivity index (χ3n) is 4.54. The number of halogens is 1. The highest BCUT2D eigenvalue weighted by Crippen LogP contribution is 2.11. The molecule has 2 aromatic rings. The van der Waals surface area contributed by atoms with Crippen molar-refractivity contribution in [1.82, 2.24) is 25.4 Å². The molecular formula is C19H27FN6O.